The van der Waals surface area contributed by atoms with Crippen LogP contribution in [0.5, 0.6) is 0 Å². The van der Waals surface area contributed by atoms with E-state index < -0.39 is 0 Å². The Morgan fingerprint density at radius 3 is 2.25 bits per heavy atom. The van der Waals surface area contributed by atoms with Crippen molar-refractivity contribution >= 4 is 0 Å². The fourth-order valence-electron chi connectivity index (χ4n) is 5.36. The van der Waals surface area contributed by atoms with Crippen LogP contribution in [0.1, 0.15) is 51.9 Å². The Hall–Kier alpha value is -0.0400. The third-order valence-electron chi connectivity index (χ3n) is 6.25. The van der Waals surface area contributed by atoms with Gasteiger partial charge in [0.1, 0.15) is 0 Å². The maximum absolute atomic E-state index is 4.05. The zero-order chi connectivity index (χ0) is 10.7. The van der Waals surface area contributed by atoms with Gasteiger partial charge in [-0.1, -0.05) is 19.8 Å². The van der Waals surface area contributed by atoms with Crippen LogP contribution in [-0.4, -0.2) is 12.1 Å². The van der Waals surface area contributed by atoms with Crippen molar-refractivity contribution in [3.8, 4) is 0 Å². The molecule has 0 aliphatic heterocycles. The van der Waals surface area contributed by atoms with Gasteiger partial charge < -0.3 is 5.32 Å². The van der Waals surface area contributed by atoms with Crippen molar-refractivity contribution in [3.63, 3.8) is 0 Å². The number of rotatable bonds is 2. The van der Waals surface area contributed by atoms with Crippen LogP contribution in [0.4, 0.5) is 0 Å². The standard InChI is InChI=1S/C15H25N/c1-9-4-2-3-5-12(9)16-15-13-10-6-7-11(8-10)14(13)15/h9-16H,2-8H2,1H3. The summed E-state index contributed by atoms with van der Waals surface area (Å²) in [6.07, 6.45) is 10.6. The molecule has 4 aliphatic rings. The van der Waals surface area contributed by atoms with Crippen molar-refractivity contribution in [2.75, 3.05) is 0 Å². The Labute approximate surface area is 99.4 Å². The van der Waals surface area contributed by atoms with E-state index in [0.29, 0.717) is 0 Å². The van der Waals surface area contributed by atoms with Gasteiger partial charge in [-0.25, -0.2) is 0 Å². The number of fused-ring (bicyclic) bond motifs is 5. The van der Waals surface area contributed by atoms with E-state index in [9.17, 15) is 0 Å². The van der Waals surface area contributed by atoms with Gasteiger partial charge in [-0.3, -0.25) is 0 Å². The average Bonchev–Trinajstić information content (AvgIpc) is 2.71. The van der Waals surface area contributed by atoms with Crippen LogP contribution in [0.25, 0.3) is 0 Å². The van der Waals surface area contributed by atoms with Gasteiger partial charge in [-0.15, -0.1) is 0 Å². The predicted octanol–water partition coefficient (Wildman–Crippen LogP) is 3.20. The van der Waals surface area contributed by atoms with Gasteiger partial charge in [0.25, 0.3) is 0 Å². The second kappa shape index (κ2) is 3.48. The van der Waals surface area contributed by atoms with E-state index in [1.807, 2.05) is 0 Å². The molecule has 0 aromatic rings. The highest BCUT2D eigenvalue weighted by Gasteiger charge is 2.65. The number of hydrogen-bond acceptors (Lipinski definition) is 1. The molecule has 0 saturated heterocycles. The van der Waals surface area contributed by atoms with Crippen molar-refractivity contribution in [1.82, 2.24) is 5.32 Å². The van der Waals surface area contributed by atoms with Crippen molar-refractivity contribution in [2.24, 2.45) is 29.6 Å². The topological polar surface area (TPSA) is 12.0 Å². The number of hydrogen-bond donors (Lipinski definition) is 1. The van der Waals surface area contributed by atoms with Gasteiger partial charge >= 0.3 is 0 Å². The minimum Gasteiger partial charge on any atom is -0.310 e. The molecular formula is C15H25N. The summed E-state index contributed by atoms with van der Waals surface area (Å²) < 4.78 is 0. The summed E-state index contributed by atoms with van der Waals surface area (Å²) in [6.45, 7) is 2.46. The van der Waals surface area contributed by atoms with Gasteiger partial charge in [0.15, 0.2) is 0 Å². The van der Waals surface area contributed by atoms with Crippen LogP contribution in [0, 0.1) is 29.6 Å². The monoisotopic (exact) mass is 219 g/mol. The van der Waals surface area contributed by atoms with Gasteiger partial charge in [0.2, 0.25) is 0 Å². The van der Waals surface area contributed by atoms with E-state index in [0.717, 1.165) is 41.7 Å². The van der Waals surface area contributed by atoms with Crippen molar-refractivity contribution in [1.29, 1.82) is 0 Å². The minimum absolute atomic E-state index is 0.865. The molecule has 0 amide bonds. The summed E-state index contributed by atoms with van der Waals surface area (Å²) >= 11 is 0. The van der Waals surface area contributed by atoms with Crippen molar-refractivity contribution in [2.45, 2.75) is 64.0 Å². The molecule has 4 saturated carbocycles. The third-order valence-corrected chi connectivity index (χ3v) is 6.25. The Balaban J connectivity index is 1.39. The molecule has 0 spiro atoms. The molecule has 0 heterocycles. The fraction of sp³-hybridized carbons (Fsp3) is 1.00. The first-order chi connectivity index (χ1) is 7.84. The van der Waals surface area contributed by atoms with Gasteiger partial charge in [-0.05, 0) is 61.7 Å². The highest BCUT2D eigenvalue weighted by molar-refractivity contribution is 5.17. The van der Waals surface area contributed by atoms with Crippen LogP contribution < -0.4 is 5.32 Å². The highest BCUT2D eigenvalue weighted by atomic mass is 15.1. The van der Waals surface area contributed by atoms with E-state index in [2.05, 4.69) is 12.2 Å². The first-order valence-corrected chi connectivity index (χ1v) is 7.60. The molecule has 1 nitrogen and oxygen atoms in total. The molecule has 90 valence electrons. The summed E-state index contributed by atoms with van der Waals surface area (Å²) in [5.74, 6) is 5.44. The van der Waals surface area contributed by atoms with E-state index in [-0.39, 0.29) is 0 Å². The largest absolute Gasteiger partial charge is 0.310 e. The molecule has 6 atom stereocenters. The Morgan fingerprint density at radius 2 is 1.56 bits per heavy atom. The van der Waals surface area contributed by atoms with Gasteiger partial charge in [0.05, 0.1) is 0 Å². The molecule has 1 N–H and O–H groups in total. The maximum atomic E-state index is 4.05. The molecule has 4 fully saturated rings. The quantitative estimate of drug-likeness (QED) is 0.752. The molecule has 0 aromatic carbocycles. The first kappa shape index (κ1) is 9.94. The molecule has 2 bridgehead atoms. The summed E-state index contributed by atoms with van der Waals surface area (Å²) in [7, 11) is 0. The Kier molecular flexibility index (Phi) is 2.16. The second-order valence-electron chi connectivity index (χ2n) is 7.05. The molecule has 4 rings (SSSR count). The summed E-state index contributed by atoms with van der Waals surface area (Å²) in [6, 6.07) is 1.82. The average molecular weight is 219 g/mol. The molecule has 1 heteroatoms. The molecule has 4 aliphatic carbocycles. The van der Waals surface area contributed by atoms with Gasteiger partial charge in [0, 0.05) is 12.1 Å². The third kappa shape index (κ3) is 1.33. The van der Waals surface area contributed by atoms with Crippen LogP contribution in [-0.2, 0) is 0 Å². The smallest absolute Gasteiger partial charge is 0.0138 e. The zero-order valence-corrected chi connectivity index (χ0v) is 10.5. The SMILES string of the molecule is CC1CCCCC1NC1C2C3CCC(C3)C12. The predicted molar refractivity (Wildman–Crippen MR) is 66.2 cm³/mol. The number of nitrogens with one attached hydrogen (secondary N) is 1. The lowest BCUT2D eigenvalue weighted by molar-refractivity contribution is 0.264. The first-order valence-electron chi connectivity index (χ1n) is 7.60. The minimum atomic E-state index is 0.865. The van der Waals surface area contributed by atoms with Crippen LogP contribution in [0.2, 0.25) is 0 Å². The van der Waals surface area contributed by atoms with E-state index in [1.54, 1.807) is 19.3 Å². The molecule has 16 heavy (non-hydrogen) atoms. The van der Waals surface area contributed by atoms with E-state index in [1.165, 1.54) is 25.7 Å². The molecule has 6 unspecified atom stereocenters. The van der Waals surface area contributed by atoms with E-state index >= 15 is 0 Å². The Bertz CT molecular complexity index is 271. The molecule has 0 aromatic heterocycles. The Morgan fingerprint density at radius 1 is 0.875 bits per heavy atom. The summed E-state index contributed by atoms with van der Waals surface area (Å²) in [5.41, 5.74) is 0. The second-order valence-corrected chi connectivity index (χ2v) is 7.05. The highest BCUT2D eigenvalue weighted by Crippen LogP contribution is 2.65. The summed E-state index contributed by atoms with van der Waals surface area (Å²) in [5, 5.41) is 4.05. The molecule has 0 radical (unpaired) electrons. The fourth-order valence-corrected chi connectivity index (χ4v) is 5.36. The summed E-state index contributed by atoms with van der Waals surface area (Å²) in [4.78, 5) is 0. The lowest BCUT2D eigenvalue weighted by atomic mass is 9.85. The molecular weight excluding hydrogens is 194 g/mol. The van der Waals surface area contributed by atoms with Gasteiger partial charge in [-0.2, -0.15) is 0 Å². The van der Waals surface area contributed by atoms with Crippen molar-refractivity contribution < 1.29 is 0 Å². The van der Waals surface area contributed by atoms with Crippen molar-refractivity contribution in [3.05, 3.63) is 0 Å². The van der Waals surface area contributed by atoms with Crippen LogP contribution >= 0.6 is 0 Å². The van der Waals surface area contributed by atoms with Crippen LogP contribution in [0.15, 0.2) is 0 Å². The zero-order valence-electron chi connectivity index (χ0n) is 10.5. The lowest BCUT2D eigenvalue weighted by Crippen LogP contribution is -2.40. The normalized spacial score (nSPS) is 58.7. The van der Waals surface area contributed by atoms with E-state index in [4.69, 9.17) is 0 Å². The van der Waals surface area contributed by atoms with Crippen LogP contribution in [0.3, 0.4) is 0 Å². The maximum Gasteiger partial charge on any atom is 0.0138 e. The lowest BCUT2D eigenvalue weighted by Gasteiger charge is -2.30.